The number of rotatable bonds is 5. The molecular formula is C34H39Cl2NO2. The van der Waals surface area contributed by atoms with E-state index in [2.05, 4.69) is 71.6 Å². The summed E-state index contributed by atoms with van der Waals surface area (Å²) in [6.07, 6.45) is 1.70. The molecule has 3 nitrogen and oxygen atoms in total. The molecule has 0 aliphatic rings. The fourth-order valence-electron chi connectivity index (χ4n) is 3.69. The molecule has 0 spiro atoms. The van der Waals surface area contributed by atoms with Gasteiger partial charge in [-0.2, -0.15) is 0 Å². The zero-order valence-electron chi connectivity index (χ0n) is 24.2. The van der Waals surface area contributed by atoms with Crippen LogP contribution in [0.1, 0.15) is 69.5 Å². The first-order chi connectivity index (χ1) is 18.2. The van der Waals surface area contributed by atoms with Crippen molar-refractivity contribution in [2.75, 3.05) is 0 Å². The summed E-state index contributed by atoms with van der Waals surface area (Å²) in [5.41, 5.74) is 5.78. The Kier molecular flexibility index (Phi) is 10.1. The van der Waals surface area contributed by atoms with Crippen molar-refractivity contribution < 1.29 is 9.47 Å². The summed E-state index contributed by atoms with van der Waals surface area (Å²) in [6.45, 7) is 17.5. The van der Waals surface area contributed by atoms with E-state index in [9.17, 15) is 0 Å². The van der Waals surface area contributed by atoms with E-state index in [0.29, 0.717) is 23.1 Å². The van der Waals surface area contributed by atoms with Gasteiger partial charge in [0, 0.05) is 16.3 Å². The van der Waals surface area contributed by atoms with Crippen molar-refractivity contribution in [3.05, 3.63) is 117 Å². The molecule has 1 aromatic heterocycles. The zero-order valence-corrected chi connectivity index (χ0v) is 25.7. The predicted molar refractivity (Wildman–Crippen MR) is 165 cm³/mol. The molecule has 0 unspecified atom stereocenters. The number of aryl methyl sites for hydroxylation is 2. The third kappa shape index (κ3) is 9.30. The summed E-state index contributed by atoms with van der Waals surface area (Å²) < 4.78 is 11.5. The molecule has 1 heterocycles. The number of ether oxygens (including phenoxy) is 2. The lowest BCUT2D eigenvalue weighted by molar-refractivity contribution is 0.306. The predicted octanol–water partition coefficient (Wildman–Crippen LogP) is 10.7. The van der Waals surface area contributed by atoms with Crippen LogP contribution in [0.3, 0.4) is 0 Å². The highest BCUT2D eigenvalue weighted by Crippen LogP contribution is 2.33. The Morgan fingerprint density at radius 2 is 1.33 bits per heavy atom. The number of hydrogen-bond donors (Lipinski definition) is 0. The number of halogens is 2. The molecule has 0 fully saturated rings. The maximum Gasteiger partial charge on any atom is 0.146 e. The van der Waals surface area contributed by atoms with Gasteiger partial charge in [-0.3, -0.25) is 4.98 Å². The summed E-state index contributed by atoms with van der Waals surface area (Å²) in [5, 5.41) is 1.39. The van der Waals surface area contributed by atoms with Gasteiger partial charge in [0.1, 0.15) is 23.9 Å². The van der Waals surface area contributed by atoms with Crippen molar-refractivity contribution in [2.24, 2.45) is 0 Å². The summed E-state index contributed by atoms with van der Waals surface area (Å²) in [5.74, 6) is 2.22. The minimum absolute atomic E-state index is 0.0770. The van der Waals surface area contributed by atoms with Gasteiger partial charge in [0.05, 0.1) is 11.2 Å². The Bertz CT molecular complexity index is 1380. The number of aromatic nitrogens is 1. The van der Waals surface area contributed by atoms with Gasteiger partial charge >= 0.3 is 0 Å². The maximum atomic E-state index is 6.35. The van der Waals surface area contributed by atoms with Crippen LogP contribution in [0.15, 0.2) is 79.0 Å². The summed E-state index contributed by atoms with van der Waals surface area (Å²) >= 11 is 12.6. The van der Waals surface area contributed by atoms with Crippen LogP contribution >= 0.6 is 23.2 Å². The number of benzene rings is 3. The average molecular weight is 565 g/mol. The molecule has 0 bridgehead atoms. The highest BCUT2D eigenvalue weighted by atomic mass is 35.5. The molecule has 0 saturated heterocycles. The van der Waals surface area contributed by atoms with Crippen LogP contribution in [-0.2, 0) is 17.4 Å². The van der Waals surface area contributed by atoms with Crippen LogP contribution in [0.2, 0.25) is 10.0 Å². The molecule has 206 valence electrons. The molecule has 4 rings (SSSR count). The number of nitrogens with zero attached hydrogens (tertiary/aromatic N) is 1. The van der Waals surface area contributed by atoms with E-state index in [4.69, 9.17) is 32.7 Å². The van der Waals surface area contributed by atoms with E-state index < -0.39 is 0 Å². The van der Waals surface area contributed by atoms with Crippen molar-refractivity contribution >= 4 is 23.2 Å². The molecule has 0 atom stereocenters. The van der Waals surface area contributed by atoms with Gasteiger partial charge in [0.15, 0.2) is 0 Å². The van der Waals surface area contributed by atoms with Crippen LogP contribution in [-0.4, -0.2) is 4.98 Å². The first-order valence-electron chi connectivity index (χ1n) is 13.1. The fraction of sp³-hybridized carbons (Fsp3) is 0.324. The highest BCUT2D eigenvalue weighted by Gasteiger charge is 2.16. The van der Waals surface area contributed by atoms with E-state index in [1.54, 1.807) is 6.20 Å². The second-order valence-corrected chi connectivity index (χ2v) is 12.6. The fourth-order valence-corrected chi connectivity index (χ4v) is 4.14. The van der Waals surface area contributed by atoms with Crippen molar-refractivity contribution in [3.8, 4) is 17.2 Å². The van der Waals surface area contributed by atoms with E-state index in [0.717, 1.165) is 22.0 Å². The Balaban J connectivity index is 0.000000216. The lowest BCUT2D eigenvalue weighted by Gasteiger charge is -2.20. The van der Waals surface area contributed by atoms with Crippen molar-refractivity contribution in [3.63, 3.8) is 0 Å². The Hall–Kier alpha value is -3.01. The van der Waals surface area contributed by atoms with Crippen LogP contribution in [0.25, 0.3) is 0 Å². The monoisotopic (exact) mass is 563 g/mol. The molecule has 4 aromatic rings. The quantitative estimate of drug-likeness (QED) is 0.242. The zero-order chi connectivity index (χ0) is 28.8. The van der Waals surface area contributed by atoms with Gasteiger partial charge < -0.3 is 9.47 Å². The van der Waals surface area contributed by atoms with Gasteiger partial charge in [-0.25, -0.2) is 0 Å². The second-order valence-electron chi connectivity index (χ2n) is 11.8. The first-order valence-corrected chi connectivity index (χ1v) is 13.9. The van der Waals surface area contributed by atoms with Crippen LogP contribution < -0.4 is 9.47 Å². The Labute approximate surface area is 244 Å². The minimum atomic E-state index is 0.0770. The first kappa shape index (κ1) is 30.5. The molecule has 0 radical (unpaired) electrons. The molecular weight excluding hydrogens is 525 g/mol. The van der Waals surface area contributed by atoms with Crippen molar-refractivity contribution in [2.45, 2.75) is 72.8 Å². The Morgan fingerprint density at radius 3 is 1.87 bits per heavy atom. The molecule has 39 heavy (non-hydrogen) atoms. The third-order valence-corrected chi connectivity index (χ3v) is 6.86. The highest BCUT2D eigenvalue weighted by molar-refractivity contribution is 6.32. The van der Waals surface area contributed by atoms with E-state index >= 15 is 0 Å². The number of hydrogen-bond acceptors (Lipinski definition) is 3. The van der Waals surface area contributed by atoms with Gasteiger partial charge in [-0.1, -0.05) is 95.1 Å². The van der Waals surface area contributed by atoms with Gasteiger partial charge in [-0.05, 0) is 83.8 Å². The summed E-state index contributed by atoms with van der Waals surface area (Å²) in [4.78, 5) is 4.19. The Morgan fingerprint density at radius 1 is 0.692 bits per heavy atom. The molecule has 0 aliphatic carbocycles. The normalized spacial score (nSPS) is 11.4. The topological polar surface area (TPSA) is 31.4 Å². The summed E-state index contributed by atoms with van der Waals surface area (Å²) in [7, 11) is 0. The average Bonchev–Trinajstić information content (AvgIpc) is 2.85. The molecule has 0 aliphatic heterocycles. The lowest BCUT2D eigenvalue weighted by atomic mass is 9.87. The van der Waals surface area contributed by atoms with E-state index in [-0.39, 0.29) is 10.8 Å². The minimum Gasteiger partial charge on any atom is -0.489 e. The standard InChI is InChI=1S/C18H21ClO.C16H18ClNO/c1-13-6-5-7-16(10-13)20-12-14-8-9-15(11-17(14)19)18(2,3)4;1-11-5-7-13(10-18-11)19-15-8-6-12(9-14(15)17)16(2,3)4/h5-11H,12H2,1-4H3;5-10H,1-4H3. The van der Waals surface area contributed by atoms with Crippen molar-refractivity contribution in [1.29, 1.82) is 0 Å². The summed E-state index contributed by atoms with van der Waals surface area (Å²) in [6, 6.07) is 24.0. The molecule has 3 aromatic carbocycles. The molecule has 0 amide bonds. The number of pyridine rings is 1. The van der Waals surface area contributed by atoms with Crippen LogP contribution in [0.5, 0.6) is 17.2 Å². The van der Waals surface area contributed by atoms with Gasteiger partial charge in [0.25, 0.3) is 0 Å². The smallest absolute Gasteiger partial charge is 0.146 e. The van der Waals surface area contributed by atoms with Gasteiger partial charge in [-0.15, -0.1) is 0 Å². The van der Waals surface area contributed by atoms with E-state index in [1.807, 2.05) is 61.5 Å². The lowest BCUT2D eigenvalue weighted by Crippen LogP contribution is -2.11. The van der Waals surface area contributed by atoms with Crippen LogP contribution in [0.4, 0.5) is 0 Å². The maximum absolute atomic E-state index is 6.35. The largest absolute Gasteiger partial charge is 0.489 e. The van der Waals surface area contributed by atoms with E-state index in [1.165, 1.54) is 16.7 Å². The van der Waals surface area contributed by atoms with Crippen molar-refractivity contribution in [1.82, 2.24) is 4.98 Å². The van der Waals surface area contributed by atoms with Gasteiger partial charge in [0.2, 0.25) is 0 Å². The SMILES string of the molecule is Cc1ccc(Oc2ccc(C(C)(C)C)cc2Cl)cn1.Cc1cccc(OCc2ccc(C(C)(C)C)cc2Cl)c1. The van der Waals surface area contributed by atoms with Crippen LogP contribution in [0, 0.1) is 13.8 Å². The molecule has 5 heteroatoms. The third-order valence-electron chi connectivity index (χ3n) is 6.21. The molecule has 0 saturated carbocycles. The second kappa shape index (κ2) is 12.9. The molecule has 0 N–H and O–H groups in total.